The molecule has 14 heavy (non-hydrogen) atoms. The van der Waals surface area contributed by atoms with Crippen LogP contribution in [0.2, 0.25) is 0 Å². The number of rotatable bonds is 9. The average molecular weight is 196 g/mol. The molecule has 0 bridgehead atoms. The number of unbranched alkanes of at least 4 members (excludes halogenated alkanes) is 1. The molecule has 0 heterocycles. The van der Waals surface area contributed by atoms with Gasteiger partial charge in [0.15, 0.2) is 5.78 Å². The fourth-order valence-electron chi connectivity index (χ4n) is 1.26. The van der Waals surface area contributed by atoms with E-state index >= 15 is 0 Å². The van der Waals surface area contributed by atoms with E-state index < -0.39 is 0 Å². The van der Waals surface area contributed by atoms with Crippen LogP contribution in [0.25, 0.3) is 0 Å². The van der Waals surface area contributed by atoms with Crippen molar-refractivity contribution in [2.45, 2.75) is 44.6 Å². The highest BCUT2D eigenvalue weighted by atomic mass is 16.3. The number of aliphatic hydroxyl groups excluding tert-OH is 1. The molecule has 0 saturated carbocycles. The number of hydrogen-bond donors (Lipinski definition) is 1. The van der Waals surface area contributed by atoms with Gasteiger partial charge in [-0.05, 0) is 38.2 Å². The summed E-state index contributed by atoms with van der Waals surface area (Å²) in [4.78, 5) is 10.8. The topological polar surface area (TPSA) is 37.3 Å². The second-order valence-corrected chi connectivity index (χ2v) is 3.44. The van der Waals surface area contributed by atoms with Crippen LogP contribution in [0.3, 0.4) is 0 Å². The van der Waals surface area contributed by atoms with Gasteiger partial charge in [-0.1, -0.05) is 12.7 Å². The first-order valence-electron chi connectivity index (χ1n) is 5.15. The van der Waals surface area contributed by atoms with Gasteiger partial charge in [0, 0.05) is 6.42 Å². The Hall–Kier alpha value is -0.890. The summed E-state index contributed by atoms with van der Waals surface area (Å²) in [6.07, 6.45) is 7.60. The number of hydrogen-bond acceptors (Lipinski definition) is 2. The molecular weight excluding hydrogens is 176 g/mol. The summed E-state index contributed by atoms with van der Waals surface area (Å²) >= 11 is 0. The van der Waals surface area contributed by atoms with Gasteiger partial charge in [0.1, 0.15) is 0 Å². The largest absolute Gasteiger partial charge is 0.393 e. The Kier molecular flexibility index (Phi) is 8.14. The maximum absolute atomic E-state index is 10.8. The van der Waals surface area contributed by atoms with Gasteiger partial charge in [0.25, 0.3) is 0 Å². The van der Waals surface area contributed by atoms with Crippen molar-refractivity contribution in [2.75, 3.05) is 0 Å². The van der Waals surface area contributed by atoms with Crippen molar-refractivity contribution < 1.29 is 9.90 Å². The van der Waals surface area contributed by atoms with Crippen molar-refractivity contribution in [1.82, 2.24) is 0 Å². The Morgan fingerprint density at radius 3 is 2.50 bits per heavy atom. The predicted octanol–water partition coefficient (Wildman–Crippen LogP) is 2.63. The average Bonchev–Trinajstić information content (AvgIpc) is 2.18. The predicted molar refractivity (Wildman–Crippen MR) is 59.1 cm³/mol. The van der Waals surface area contributed by atoms with Gasteiger partial charge in [0.2, 0.25) is 0 Å². The molecule has 0 aromatic heterocycles. The van der Waals surface area contributed by atoms with Crippen LogP contribution in [0.1, 0.15) is 38.5 Å². The third-order valence-electron chi connectivity index (χ3n) is 2.13. The number of ketones is 1. The summed E-state index contributed by atoms with van der Waals surface area (Å²) in [6, 6.07) is 0. The van der Waals surface area contributed by atoms with Crippen molar-refractivity contribution in [2.24, 2.45) is 0 Å². The van der Waals surface area contributed by atoms with Gasteiger partial charge in [-0.2, -0.15) is 0 Å². The van der Waals surface area contributed by atoms with Crippen LogP contribution in [0.15, 0.2) is 25.3 Å². The second-order valence-electron chi connectivity index (χ2n) is 3.44. The summed E-state index contributed by atoms with van der Waals surface area (Å²) in [5, 5.41) is 9.49. The zero-order valence-electron chi connectivity index (χ0n) is 8.74. The van der Waals surface area contributed by atoms with E-state index in [1.165, 1.54) is 6.08 Å². The van der Waals surface area contributed by atoms with Gasteiger partial charge >= 0.3 is 0 Å². The van der Waals surface area contributed by atoms with Crippen LogP contribution in [0.5, 0.6) is 0 Å². The Morgan fingerprint density at radius 1 is 1.29 bits per heavy atom. The fraction of sp³-hybridized carbons (Fsp3) is 0.583. The Morgan fingerprint density at radius 2 is 1.93 bits per heavy atom. The number of carbonyl (C=O) groups excluding carboxylic acids is 1. The molecule has 1 atom stereocenters. The van der Waals surface area contributed by atoms with Crippen molar-refractivity contribution in [3.63, 3.8) is 0 Å². The quantitative estimate of drug-likeness (QED) is 0.349. The van der Waals surface area contributed by atoms with E-state index in [1.807, 2.05) is 6.08 Å². The molecule has 0 aliphatic heterocycles. The lowest BCUT2D eigenvalue weighted by Crippen LogP contribution is -2.06. The minimum Gasteiger partial charge on any atom is -0.393 e. The van der Waals surface area contributed by atoms with Crippen LogP contribution in [-0.4, -0.2) is 17.0 Å². The molecule has 0 spiro atoms. The maximum Gasteiger partial charge on any atom is 0.155 e. The first kappa shape index (κ1) is 13.1. The van der Waals surface area contributed by atoms with Gasteiger partial charge < -0.3 is 5.11 Å². The highest BCUT2D eigenvalue weighted by Crippen LogP contribution is 2.08. The SMILES string of the molecule is C=CCCCC(O)CCCC(=O)C=C. The molecule has 0 aliphatic carbocycles. The molecular formula is C12H20O2. The van der Waals surface area contributed by atoms with E-state index in [2.05, 4.69) is 13.2 Å². The lowest BCUT2D eigenvalue weighted by atomic mass is 10.0. The first-order valence-corrected chi connectivity index (χ1v) is 5.15. The molecule has 1 unspecified atom stereocenters. The van der Waals surface area contributed by atoms with E-state index in [-0.39, 0.29) is 11.9 Å². The summed E-state index contributed by atoms with van der Waals surface area (Å²) in [7, 11) is 0. The zero-order valence-corrected chi connectivity index (χ0v) is 8.74. The molecule has 0 radical (unpaired) electrons. The Labute approximate surface area is 86.3 Å². The van der Waals surface area contributed by atoms with E-state index in [9.17, 15) is 9.90 Å². The third-order valence-corrected chi connectivity index (χ3v) is 2.13. The molecule has 80 valence electrons. The molecule has 2 heteroatoms. The van der Waals surface area contributed by atoms with Crippen LogP contribution < -0.4 is 0 Å². The molecule has 0 aliphatic rings. The van der Waals surface area contributed by atoms with Crippen molar-refractivity contribution in [1.29, 1.82) is 0 Å². The molecule has 0 fully saturated rings. The highest BCUT2D eigenvalue weighted by molar-refractivity contribution is 5.88. The van der Waals surface area contributed by atoms with Gasteiger partial charge in [-0.3, -0.25) is 4.79 Å². The molecule has 0 saturated heterocycles. The van der Waals surface area contributed by atoms with Gasteiger partial charge in [0.05, 0.1) is 6.10 Å². The normalized spacial score (nSPS) is 12.1. The first-order chi connectivity index (χ1) is 6.70. The molecule has 0 aromatic carbocycles. The van der Waals surface area contributed by atoms with E-state index in [0.717, 1.165) is 25.7 Å². The monoisotopic (exact) mass is 196 g/mol. The van der Waals surface area contributed by atoms with E-state index in [0.29, 0.717) is 12.8 Å². The van der Waals surface area contributed by atoms with Crippen molar-refractivity contribution >= 4 is 5.78 Å². The molecule has 0 aromatic rings. The van der Waals surface area contributed by atoms with E-state index in [4.69, 9.17) is 0 Å². The summed E-state index contributed by atoms with van der Waals surface area (Å²) in [6.45, 7) is 7.01. The number of carbonyl (C=O) groups is 1. The number of aliphatic hydroxyl groups is 1. The molecule has 0 amide bonds. The Balaban J connectivity index is 3.34. The zero-order chi connectivity index (χ0) is 10.8. The third kappa shape index (κ3) is 7.74. The molecule has 1 N–H and O–H groups in total. The van der Waals surface area contributed by atoms with Crippen LogP contribution in [0, 0.1) is 0 Å². The Bertz CT molecular complexity index is 185. The maximum atomic E-state index is 10.8. The lowest BCUT2D eigenvalue weighted by molar-refractivity contribution is -0.114. The highest BCUT2D eigenvalue weighted by Gasteiger charge is 2.04. The van der Waals surface area contributed by atoms with Gasteiger partial charge in [-0.25, -0.2) is 0 Å². The standard InChI is InChI=1S/C12H20O2/c1-3-5-6-8-12(14)10-7-9-11(13)4-2/h3-4,12,14H,1-2,5-10H2. The van der Waals surface area contributed by atoms with Gasteiger partial charge in [-0.15, -0.1) is 6.58 Å². The molecule has 0 rings (SSSR count). The summed E-state index contributed by atoms with van der Waals surface area (Å²) in [5.74, 6) is 0.0586. The fourth-order valence-corrected chi connectivity index (χ4v) is 1.26. The lowest BCUT2D eigenvalue weighted by Gasteiger charge is -2.08. The summed E-state index contributed by atoms with van der Waals surface area (Å²) < 4.78 is 0. The van der Waals surface area contributed by atoms with Crippen LogP contribution >= 0.6 is 0 Å². The molecule has 2 nitrogen and oxygen atoms in total. The minimum atomic E-state index is -0.271. The second kappa shape index (κ2) is 8.70. The van der Waals surface area contributed by atoms with Crippen molar-refractivity contribution in [3.8, 4) is 0 Å². The smallest absolute Gasteiger partial charge is 0.155 e. The minimum absolute atomic E-state index is 0.0586. The van der Waals surface area contributed by atoms with Crippen LogP contribution in [-0.2, 0) is 4.79 Å². The summed E-state index contributed by atoms with van der Waals surface area (Å²) in [5.41, 5.74) is 0. The van der Waals surface area contributed by atoms with Crippen LogP contribution in [0.4, 0.5) is 0 Å². The van der Waals surface area contributed by atoms with E-state index in [1.54, 1.807) is 0 Å². The number of allylic oxidation sites excluding steroid dienone is 2. The van der Waals surface area contributed by atoms with Crippen molar-refractivity contribution in [3.05, 3.63) is 25.3 Å².